The SMILES string of the molecule is O=c1c2c(c3snc(-c4ccco4)oc1=3)CCC2. The molecule has 4 nitrogen and oxygen atoms in total. The van der Waals surface area contributed by atoms with Crippen LogP contribution < -0.4 is 5.43 Å². The molecule has 2 aliphatic carbocycles. The summed E-state index contributed by atoms with van der Waals surface area (Å²) >= 11 is 1.32. The zero-order chi connectivity index (χ0) is 12.1. The summed E-state index contributed by atoms with van der Waals surface area (Å²) in [5, 5.41) is 0. The minimum atomic E-state index is 0.0314. The molecule has 0 fully saturated rings. The molecule has 5 heteroatoms. The van der Waals surface area contributed by atoms with Crippen molar-refractivity contribution < 1.29 is 8.83 Å². The van der Waals surface area contributed by atoms with Gasteiger partial charge < -0.3 is 8.83 Å². The van der Waals surface area contributed by atoms with E-state index in [0.29, 0.717) is 17.1 Å². The summed E-state index contributed by atoms with van der Waals surface area (Å²) in [6.45, 7) is 0. The average Bonchev–Trinajstić information content (AvgIpc) is 3.10. The summed E-state index contributed by atoms with van der Waals surface area (Å²) < 4.78 is 16.0. The Morgan fingerprint density at radius 3 is 3.00 bits per heavy atom. The lowest BCUT2D eigenvalue weighted by atomic mass is 10.2. The molecule has 0 aromatic carbocycles. The second-order valence-corrected chi connectivity index (χ2v) is 5.14. The van der Waals surface area contributed by atoms with E-state index < -0.39 is 0 Å². The molecule has 1 aromatic rings. The Labute approximate surface area is 106 Å². The van der Waals surface area contributed by atoms with Crippen LogP contribution in [0, 0.1) is 9.95 Å². The van der Waals surface area contributed by atoms with Crippen LogP contribution in [0.1, 0.15) is 17.5 Å². The highest BCUT2D eigenvalue weighted by Gasteiger charge is 2.22. The molecular weight excluding hydrogens is 250 g/mol. The Hall–Kier alpha value is -1.88. The Kier molecular flexibility index (Phi) is 1.99. The van der Waals surface area contributed by atoms with Gasteiger partial charge in [0.1, 0.15) is 0 Å². The lowest BCUT2D eigenvalue weighted by molar-refractivity contribution is 0.484. The van der Waals surface area contributed by atoms with E-state index in [9.17, 15) is 4.79 Å². The lowest BCUT2D eigenvalue weighted by Gasteiger charge is -1.93. The van der Waals surface area contributed by atoms with Gasteiger partial charge >= 0.3 is 0 Å². The monoisotopic (exact) mass is 259 g/mol. The van der Waals surface area contributed by atoms with Crippen molar-refractivity contribution in [2.45, 2.75) is 19.3 Å². The first-order chi connectivity index (χ1) is 8.84. The van der Waals surface area contributed by atoms with Crippen molar-refractivity contribution in [1.82, 2.24) is 4.37 Å². The fourth-order valence-corrected chi connectivity index (χ4v) is 3.36. The van der Waals surface area contributed by atoms with Gasteiger partial charge in [-0.25, -0.2) is 0 Å². The molecule has 0 unspecified atom stereocenters. The molecule has 0 spiro atoms. The third-order valence-corrected chi connectivity index (χ3v) is 4.20. The van der Waals surface area contributed by atoms with Crippen molar-refractivity contribution in [2.24, 2.45) is 0 Å². The first-order valence-corrected chi connectivity index (χ1v) is 6.60. The van der Waals surface area contributed by atoms with Crippen LogP contribution in [0.5, 0.6) is 0 Å². The molecule has 2 heterocycles. The van der Waals surface area contributed by atoms with E-state index in [1.807, 2.05) is 0 Å². The molecule has 0 bridgehead atoms. The molecular formula is C13H9NO3S. The van der Waals surface area contributed by atoms with Crippen molar-refractivity contribution in [1.29, 1.82) is 0 Å². The first kappa shape index (κ1) is 10.1. The van der Waals surface area contributed by atoms with E-state index >= 15 is 0 Å². The van der Waals surface area contributed by atoms with E-state index in [1.54, 1.807) is 18.4 Å². The van der Waals surface area contributed by atoms with E-state index in [-0.39, 0.29) is 5.43 Å². The molecule has 0 saturated heterocycles. The van der Waals surface area contributed by atoms with Gasteiger partial charge in [-0.05, 0) is 48.5 Å². The molecule has 1 aliphatic heterocycles. The topological polar surface area (TPSA) is 56.2 Å². The molecule has 4 rings (SSSR count). The molecule has 0 N–H and O–H groups in total. The lowest BCUT2D eigenvalue weighted by Crippen LogP contribution is -2.02. The van der Waals surface area contributed by atoms with E-state index in [0.717, 1.165) is 34.9 Å². The number of hydrogen-bond donors (Lipinski definition) is 0. The van der Waals surface area contributed by atoms with Gasteiger partial charge in [-0.1, -0.05) is 0 Å². The van der Waals surface area contributed by atoms with Crippen LogP contribution in [0.3, 0.4) is 0 Å². The number of aromatic nitrogens is 1. The van der Waals surface area contributed by atoms with Crippen molar-refractivity contribution >= 4 is 11.5 Å². The Bertz CT molecular complexity index is 828. The van der Waals surface area contributed by atoms with Gasteiger partial charge in [0.2, 0.25) is 5.43 Å². The maximum atomic E-state index is 12.2. The van der Waals surface area contributed by atoms with Crippen LogP contribution in [0.4, 0.5) is 0 Å². The third-order valence-electron chi connectivity index (χ3n) is 3.33. The summed E-state index contributed by atoms with van der Waals surface area (Å²) in [4.78, 5) is 12.2. The Balaban J connectivity index is 2.06. The maximum absolute atomic E-state index is 12.2. The molecule has 3 aliphatic rings. The summed E-state index contributed by atoms with van der Waals surface area (Å²) in [5.74, 6) is 0.923. The highest BCUT2D eigenvalue weighted by atomic mass is 32.1. The van der Waals surface area contributed by atoms with Crippen LogP contribution in [-0.2, 0) is 12.8 Å². The number of hydrogen-bond acceptors (Lipinski definition) is 5. The molecule has 0 atom stereocenters. The zero-order valence-corrected chi connectivity index (χ0v) is 10.3. The van der Waals surface area contributed by atoms with Gasteiger partial charge in [-0.15, -0.1) is 0 Å². The van der Waals surface area contributed by atoms with Gasteiger partial charge in [0.15, 0.2) is 11.2 Å². The fourth-order valence-electron chi connectivity index (χ4n) is 2.51. The largest absolute Gasteiger partial charge is 0.459 e. The number of furan rings is 1. The number of nitrogens with zero attached hydrogens (tertiary/aromatic N) is 1. The number of rotatable bonds is 1. The molecule has 1 aromatic heterocycles. The predicted octanol–water partition coefficient (Wildman–Crippen LogP) is 2.57. The third kappa shape index (κ3) is 1.25. The summed E-state index contributed by atoms with van der Waals surface area (Å²) in [7, 11) is 0. The number of fused-ring (bicyclic) bond motifs is 2. The van der Waals surface area contributed by atoms with E-state index in [2.05, 4.69) is 4.37 Å². The molecule has 0 amide bonds. The maximum Gasteiger partial charge on any atom is 0.274 e. The first-order valence-electron chi connectivity index (χ1n) is 5.82. The molecule has 18 heavy (non-hydrogen) atoms. The van der Waals surface area contributed by atoms with Gasteiger partial charge in [0.05, 0.1) is 10.8 Å². The fraction of sp³-hybridized carbons (Fsp3) is 0.231. The van der Waals surface area contributed by atoms with Gasteiger partial charge in [0.25, 0.3) is 5.89 Å². The van der Waals surface area contributed by atoms with Crippen molar-refractivity contribution in [3.8, 4) is 11.7 Å². The highest BCUT2D eigenvalue weighted by molar-refractivity contribution is 7.03. The molecule has 0 saturated carbocycles. The van der Waals surface area contributed by atoms with Crippen molar-refractivity contribution in [2.75, 3.05) is 0 Å². The van der Waals surface area contributed by atoms with Crippen LogP contribution >= 0.6 is 11.5 Å². The van der Waals surface area contributed by atoms with E-state index in [4.69, 9.17) is 8.83 Å². The van der Waals surface area contributed by atoms with Gasteiger partial charge in [-0.3, -0.25) is 4.79 Å². The van der Waals surface area contributed by atoms with Gasteiger partial charge in [0, 0.05) is 5.56 Å². The van der Waals surface area contributed by atoms with Crippen molar-refractivity contribution in [3.63, 3.8) is 0 Å². The summed E-state index contributed by atoms with van der Waals surface area (Å²) in [5.41, 5.74) is 2.53. The Morgan fingerprint density at radius 1 is 1.28 bits per heavy atom. The highest BCUT2D eigenvalue weighted by Crippen LogP contribution is 2.26. The minimum absolute atomic E-state index is 0.0314. The summed E-state index contributed by atoms with van der Waals surface area (Å²) in [6, 6.07) is 3.54. The van der Waals surface area contributed by atoms with Crippen LogP contribution in [0.15, 0.2) is 32.0 Å². The molecule has 90 valence electrons. The second-order valence-electron chi connectivity index (χ2n) is 4.37. The second kappa shape index (κ2) is 3.55. The summed E-state index contributed by atoms with van der Waals surface area (Å²) in [6.07, 6.45) is 4.44. The predicted molar refractivity (Wildman–Crippen MR) is 65.7 cm³/mol. The normalized spacial score (nSPS) is 14.2. The van der Waals surface area contributed by atoms with Crippen molar-refractivity contribution in [3.05, 3.63) is 49.7 Å². The standard InChI is InChI=1S/C13H9NO3S/c15-10-7-3-1-4-8(7)12-11(10)17-13(14-18-12)9-5-2-6-16-9/h2,5-6H,1,3-4H2. The Morgan fingerprint density at radius 2 is 2.17 bits per heavy atom. The average molecular weight is 259 g/mol. The molecule has 0 radical (unpaired) electrons. The zero-order valence-electron chi connectivity index (χ0n) is 9.43. The minimum Gasteiger partial charge on any atom is -0.459 e. The van der Waals surface area contributed by atoms with Crippen LogP contribution in [-0.4, -0.2) is 4.37 Å². The van der Waals surface area contributed by atoms with Gasteiger partial charge in [-0.2, -0.15) is 4.37 Å². The van der Waals surface area contributed by atoms with E-state index in [1.165, 1.54) is 11.5 Å². The van der Waals surface area contributed by atoms with Crippen LogP contribution in [0.2, 0.25) is 0 Å². The van der Waals surface area contributed by atoms with Crippen LogP contribution in [0.25, 0.3) is 11.7 Å². The smallest absolute Gasteiger partial charge is 0.274 e. The quantitative estimate of drug-likeness (QED) is 0.674.